The zero-order chi connectivity index (χ0) is 51.5. The Morgan fingerprint density at radius 2 is 1.48 bits per heavy atom. The van der Waals surface area contributed by atoms with E-state index < -0.39 is 41.4 Å². The van der Waals surface area contributed by atoms with E-state index in [2.05, 4.69) is 31.0 Å². The molecule has 73 heavy (non-hydrogen) atoms. The molecular formula is C51H52ClF3N8O10. The van der Waals surface area contributed by atoms with Crippen LogP contribution >= 0.6 is 11.6 Å². The molecule has 2 aliphatic heterocycles. The lowest BCUT2D eigenvalue weighted by molar-refractivity contribution is -0.138. The minimum atomic E-state index is -4.50. The minimum Gasteiger partial charge on any atom is -0.382 e. The minimum absolute atomic E-state index is 0.0328. The Kier molecular flexibility index (Phi) is 17.2. The Labute approximate surface area is 420 Å². The molecule has 1 saturated heterocycles. The van der Waals surface area contributed by atoms with E-state index in [0.29, 0.717) is 77.8 Å². The van der Waals surface area contributed by atoms with Crippen molar-refractivity contribution in [1.82, 2.24) is 35.3 Å². The van der Waals surface area contributed by atoms with Gasteiger partial charge < -0.3 is 34.6 Å². The Bertz CT molecular complexity index is 3010. The lowest BCUT2D eigenvalue weighted by atomic mass is 9.99. The van der Waals surface area contributed by atoms with Crippen molar-refractivity contribution in [2.24, 2.45) is 0 Å². The second-order valence-electron chi connectivity index (χ2n) is 17.2. The number of benzene rings is 4. The van der Waals surface area contributed by atoms with E-state index in [9.17, 15) is 41.9 Å². The molecule has 6 aromatic rings. The molecule has 0 radical (unpaired) electrons. The predicted molar refractivity (Wildman–Crippen MR) is 262 cm³/mol. The summed E-state index contributed by atoms with van der Waals surface area (Å²) >= 11 is 6.14. The van der Waals surface area contributed by atoms with Crippen LogP contribution in [0.25, 0.3) is 28.2 Å². The van der Waals surface area contributed by atoms with Gasteiger partial charge in [0.25, 0.3) is 17.4 Å². The number of carbonyl (C=O) groups is 5. The normalized spacial score (nSPS) is 14.8. The van der Waals surface area contributed by atoms with Gasteiger partial charge in [0.2, 0.25) is 23.7 Å². The van der Waals surface area contributed by atoms with E-state index >= 15 is 0 Å². The summed E-state index contributed by atoms with van der Waals surface area (Å²) in [6.45, 7) is 2.65. The standard InChI is InChI=1S/C51H52ClF3N8O10/c52-35-15-17-38-40(29-35)59-50(58-38)63-48(68)37(45(61-63)33-11-13-34(14-12-33)51(53,54)55)16-10-32-8-6-31(7-9-32)3-2-22-70-25-26-72-27-28-73-30-43(65)57-21-24-71-23-20-56-39-5-1-4-36-44(39)49(69)62(47(36)67)41-18-19-42(64)60-46(41)66/h1,4-9,11-15,17,29,41,56,61H,2-3,10,16,18-28,30H2,(H,57,65)(H,58,59)(H,60,64,66). The molecule has 1 atom stereocenters. The van der Waals surface area contributed by atoms with Gasteiger partial charge in [0.15, 0.2) is 0 Å². The Balaban J connectivity index is 0.664. The van der Waals surface area contributed by atoms with Crippen molar-refractivity contribution >= 4 is 57.9 Å². The van der Waals surface area contributed by atoms with E-state index in [1.165, 1.54) is 22.9 Å². The van der Waals surface area contributed by atoms with Crippen LogP contribution in [0.4, 0.5) is 18.9 Å². The first-order chi connectivity index (χ1) is 35.2. The number of nitrogens with zero attached hydrogens (tertiary/aromatic N) is 3. The van der Waals surface area contributed by atoms with Gasteiger partial charge in [-0.3, -0.25) is 44.1 Å². The highest BCUT2D eigenvalue weighted by molar-refractivity contribution is 6.31. The summed E-state index contributed by atoms with van der Waals surface area (Å²) < 4.78 is 63.5. The van der Waals surface area contributed by atoms with Crippen molar-refractivity contribution in [3.05, 3.63) is 134 Å². The third-order valence-corrected chi connectivity index (χ3v) is 12.4. The number of imide groups is 2. The molecule has 0 saturated carbocycles. The molecular weight excluding hydrogens is 977 g/mol. The van der Waals surface area contributed by atoms with Gasteiger partial charge in [0.05, 0.1) is 73.1 Å². The summed E-state index contributed by atoms with van der Waals surface area (Å²) in [6.07, 6.45) is -2.02. The molecule has 0 bridgehead atoms. The number of ether oxygens (including phenoxy) is 4. The molecule has 2 aliphatic rings. The summed E-state index contributed by atoms with van der Waals surface area (Å²) in [5.41, 5.74) is 4.13. The molecule has 1 fully saturated rings. The largest absolute Gasteiger partial charge is 0.416 e. The monoisotopic (exact) mass is 1030 g/mol. The number of aromatic nitrogens is 4. The van der Waals surface area contributed by atoms with Crippen LogP contribution in [0.2, 0.25) is 5.02 Å². The molecule has 0 aliphatic carbocycles. The number of halogens is 4. The number of hydrogen-bond acceptors (Lipinski definition) is 12. The van der Waals surface area contributed by atoms with Crippen LogP contribution in [-0.2, 0) is 58.8 Å². The number of piperidine rings is 1. The first-order valence-corrected chi connectivity index (χ1v) is 24.0. The van der Waals surface area contributed by atoms with E-state index in [1.54, 1.807) is 30.3 Å². The average Bonchev–Trinajstić information content (AvgIpc) is 4.02. The lowest BCUT2D eigenvalue weighted by Gasteiger charge is -2.27. The summed E-state index contributed by atoms with van der Waals surface area (Å²) in [6, 6.07) is 21.6. The topological polar surface area (TPSA) is 228 Å². The average molecular weight is 1030 g/mol. The number of H-pyrrole nitrogens is 2. The Morgan fingerprint density at radius 3 is 2.22 bits per heavy atom. The van der Waals surface area contributed by atoms with Crippen LogP contribution in [0.1, 0.15) is 62.2 Å². The molecule has 1 unspecified atom stereocenters. The highest BCUT2D eigenvalue weighted by Gasteiger charge is 2.45. The maximum atomic E-state index is 13.9. The summed E-state index contributed by atoms with van der Waals surface area (Å²) in [7, 11) is 0. The van der Waals surface area contributed by atoms with Crippen LogP contribution in [0.5, 0.6) is 0 Å². The third-order valence-electron chi connectivity index (χ3n) is 12.1. The van der Waals surface area contributed by atoms with Crippen molar-refractivity contribution < 1.29 is 56.1 Å². The molecule has 5 amide bonds. The third kappa shape index (κ3) is 13.1. The second-order valence-corrected chi connectivity index (χ2v) is 17.6. The highest BCUT2D eigenvalue weighted by atomic mass is 35.5. The second kappa shape index (κ2) is 24.0. The highest BCUT2D eigenvalue weighted by Crippen LogP contribution is 2.33. The number of hydrogen-bond donors (Lipinski definition) is 5. The number of amides is 5. The number of aromatic amines is 2. The number of aryl methyl sites for hydroxylation is 2. The lowest BCUT2D eigenvalue weighted by Crippen LogP contribution is -2.54. The summed E-state index contributed by atoms with van der Waals surface area (Å²) in [5, 5.41) is 11.5. The molecule has 384 valence electrons. The quantitative estimate of drug-likeness (QED) is 0.0339. The van der Waals surface area contributed by atoms with Crippen molar-refractivity contribution in [2.75, 3.05) is 71.3 Å². The molecule has 4 aromatic carbocycles. The van der Waals surface area contributed by atoms with Gasteiger partial charge in [0.1, 0.15) is 12.6 Å². The number of imidazole rings is 1. The maximum absolute atomic E-state index is 13.9. The smallest absolute Gasteiger partial charge is 0.382 e. The van der Waals surface area contributed by atoms with Crippen LogP contribution < -0.4 is 21.5 Å². The van der Waals surface area contributed by atoms with Gasteiger partial charge in [0, 0.05) is 42.4 Å². The van der Waals surface area contributed by atoms with E-state index in [-0.39, 0.29) is 81.0 Å². The zero-order valence-corrected chi connectivity index (χ0v) is 40.2. The van der Waals surface area contributed by atoms with Gasteiger partial charge in [-0.05, 0) is 91.3 Å². The van der Waals surface area contributed by atoms with E-state index in [4.69, 9.17) is 30.5 Å². The van der Waals surface area contributed by atoms with Gasteiger partial charge in [-0.1, -0.05) is 54.1 Å². The van der Waals surface area contributed by atoms with Gasteiger partial charge in [-0.2, -0.15) is 17.9 Å². The number of nitrogens with one attached hydrogen (secondary N) is 5. The number of carbonyl (C=O) groups excluding carboxylic acids is 5. The molecule has 5 N–H and O–H groups in total. The van der Waals surface area contributed by atoms with Crippen molar-refractivity contribution in [3.63, 3.8) is 0 Å². The van der Waals surface area contributed by atoms with Gasteiger partial charge in [-0.15, -0.1) is 0 Å². The van der Waals surface area contributed by atoms with Crippen LogP contribution in [0.3, 0.4) is 0 Å². The Hall–Kier alpha value is -7.17. The van der Waals surface area contributed by atoms with E-state index in [1.807, 2.05) is 24.3 Å². The van der Waals surface area contributed by atoms with Gasteiger partial charge >= 0.3 is 6.18 Å². The summed E-state index contributed by atoms with van der Waals surface area (Å²) in [5.74, 6) is -2.41. The molecule has 8 rings (SSSR count). The van der Waals surface area contributed by atoms with Crippen molar-refractivity contribution in [1.29, 1.82) is 0 Å². The number of anilines is 1. The van der Waals surface area contributed by atoms with E-state index in [0.717, 1.165) is 41.0 Å². The first-order valence-electron chi connectivity index (χ1n) is 23.7. The SMILES string of the molecule is O=C(COCCOCCOCCCc1ccc(CCc2c(-c3ccc(C(F)(F)F)cc3)[nH]n(-c3nc4ccc(Cl)cc4[nH]3)c2=O)cc1)NCCOCCNc1cccc2c1C(=O)N(C1CCC(=O)NC1=O)C2=O. The summed E-state index contributed by atoms with van der Waals surface area (Å²) in [4.78, 5) is 84.7. The first kappa shape index (κ1) is 52.2. The van der Waals surface area contributed by atoms with Crippen molar-refractivity contribution in [2.45, 2.75) is 50.7 Å². The molecule has 22 heteroatoms. The molecule has 2 aromatic heterocycles. The molecule has 0 spiro atoms. The predicted octanol–water partition coefficient (Wildman–Crippen LogP) is 5.79. The fourth-order valence-corrected chi connectivity index (χ4v) is 8.62. The van der Waals surface area contributed by atoms with Gasteiger partial charge in [-0.25, -0.2) is 4.98 Å². The fraction of sp³-hybridized carbons (Fsp3) is 0.353. The number of alkyl halides is 3. The maximum Gasteiger partial charge on any atom is 0.416 e. The molecule has 4 heterocycles. The Morgan fingerprint density at radius 1 is 0.781 bits per heavy atom. The number of rotatable bonds is 25. The van der Waals surface area contributed by atoms with Crippen LogP contribution in [0.15, 0.2) is 89.7 Å². The van der Waals surface area contributed by atoms with Crippen molar-refractivity contribution in [3.8, 4) is 17.2 Å². The van der Waals surface area contributed by atoms with Crippen LogP contribution in [-0.4, -0.2) is 126 Å². The number of fused-ring (bicyclic) bond motifs is 2. The van der Waals surface area contributed by atoms with Crippen LogP contribution in [0, 0.1) is 0 Å². The molecule has 18 nitrogen and oxygen atoms in total. The zero-order valence-electron chi connectivity index (χ0n) is 39.4. The fourth-order valence-electron chi connectivity index (χ4n) is 8.45.